The van der Waals surface area contributed by atoms with E-state index in [4.69, 9.17) is 10.5 Å². The molecule has 0 amide bonds. The zero-order valence-corrected chi connectivity index (χ0v) is 8.26. The average Bonchev–Trinajstić information content (AvgIpc) is 2.69. The molecule has 0 aromatic carbocycles. The first-order valence-electron chi connectivity index (χ1n) is 4.10. The van der Waals surface area contributed by atoms with Gasteiger partial charge in [-0.2, -0.15) is 10.5 Å². The lowest BCUT2D eigenvalue weighted by atomic mass is 10.3. The van der Waals surface area contributed by atoms with Gasteiger partial charge in [-0.3, -0.25) is 0 Å². The Balaban J connectivity index is 3.18. The predicted octanol–water partition coefficient (Wildman–Crippen LogP) is 0.360. The van der Waals surface area contributed by atoms with Gasteiger partial charge in [0, 0.05) is 0 Å². The molecule has 1 aromatic rings. The highest BCUT2D eigenvalue weighted by Crippen LogP contribution is 2.13. The molecule has 0 saturated heterocycles. The molecule has 0 aliphatic heterocycles. The van der Waals surface area contributed by atoms with Gasteiger partial charge >= 0.3 is 5.97 Å². The molecule has 0 fully saturated rings. The van der Waals surface area contributed by atoms with Crippen LogP contribution < -0.4 is 0 Å². The van der Waals surface area contributed by atoms with Crippen LogP contribution >= 0.6 is 0 Å². The van der Waals surface area contributed by atoms with Gasteiger partial charge in [-0.25, -0.2) is 9.78 Å². The molecule has 1 heterocycles. The number of aromatic nitrogens is 2. The topological polar surface area (TPSA) is 91.7 Å². The standard InChI is InChI=1S/C9H8N4O2/c1-6(9(14)15-2)13-5-12-7(3-10)8(13)4-11/h5-6H,1-2H3/t6-/m1/s1. The van der Waals surface area contributed by atoms with Crippen LogP contribution in [0.3, 0.4) is 0 Å². The van der Waals surface area contributed by atoms with Crippen LogP contribution in [0.15, 0.2) is 6.33 Å². The molecular weight excluding hydrogens is 196 g/mol. The molecule has 76 valence electrons. The van der Waals surface area contributed by atoms with Crippen molar-refractivity contribution in [3.63, 3.8) is 0 Å². The second-order valence-electron chi connectivity index (χ2n) is 2.77. The molecule has 1 rings (SSSR count). The van der Waals surface area contributed by atoms with Gasteiger partial charge in [-0.15, -0.1) is 0 Å². The number of methoxy groups -OCH3 is 1. The molecule has 0 radical (unpaired) electrons. The maximum absolute atomic E-state index is 11.2. The molecule has 1 atom stereocenters. The van der Waals surface area contributed by atoms with Crippen molar-refractivity contribution in [3.05, 3.63) is 17.7 Å². The number of esters is 1. The van der Waals surface area contributed by atoms with Crippen molar-refractivity contribution in [1.29, 1.82) is 10.5 Å². The molecular formula is C9H8N4O2. The molecule has 0 unspecified atom stereocenters. The zero-order valence-electron chi connectivity index (χ0n) is 8.26. The summed E-state index contributed by atoms with van der Waals surface area (Å²) in [5.74, 6) is -0.492. The minimum Gasteiger partial charge on any atom is -0.467 e. The fraction of sp³-hybridized carbons (Fsp3) is 0.333. The Morgan fingerprint density at radius 3 is 2.73 bits per heavy atom. The summed E-state index contributed by atoms with van der Waals surface area (Å²) in [7, 11) is 1.26. The quantitative estimate of drug-likeness (QED) is 0.648. The molecule has 0 aliphatic carbocycles. The molecule has 0 bridgehead atoms. The van der Waals surface area contributed by atoms with Crippen molar-refractivity contribution in [3.8, 4) is 12.1 Å². The number of nitrogens with zero attached hydrogens (tertiary/aromatic N) is 4. The van der Waals surface area contributed by atoms with Gasteiger partial charge in [-0.1, -0.05) is 0 Å². The van der Waals surface area contributed by atoms with Crippen LogP contribution in [-0.2, 0) is 9.53 Å². The third kappa shape index (κ3) is 1.79. The van der Waals surface area contributed by atoms with Gasteiger partial charge < -0.3 is 9.30 Å². The maximum atomic E-state index is 11.2. The van der Waals surface area contributed by atoms with E-state index < -0.39 is 12.0 Å². The summed E-state index contributed by atoms with van der Waals surface area (Å²) >= 11 is 0. The van der Waals surface area contributed by atoms with E-state index in [1.54, 1.807) is 13.0 Å². The third-order valence-electron chi connectivity index (χ3n) is 1.97. The molecule has 1 aromatic heterocycles. The molecule has 6 nitrogen and oxygen atoms in total. The SMILES string of the molecule is COC(=O)[C@@H](C)n1cnc(C#N)c1C#N. The second-order valence-corrected chi connectivity index (χ2v) is 2.77. The molecule has 0 saturated carbocycles. The van der Waals surface area contributed by atoms with Crippen molar-refractivity contribution in [1.82, 2.24) is 9.55 Å². The minimum absolute atomic E-state index is 0.00764. The van der Waals surface area contributed by atoms with E-state index in [2.05, 4.69) is 9.72 Å². The average molecular weight is 204 g/mol. The van der Waals surface area contributed by atoms with E-state index in [1.807, 2.05) is 6.07 Å². The Morgan fingerprint density at radius 2 is 2.27 bits per heavy atom. The minimum atomic E-state index is -0.667. The molecule has 0 aliphatic rings. The second kappa shape index (κ2) is 4.25. The lowest BCUT2D eigenvalue weighted by molar-refractivity contribution is -0.144. The number of rotatable bonds is 2. The fourth-order valence-corrected chi connectivity index (χ4v) is 1.13. The first-order valence-corrected chi connectivity index (χ1v) is 4.10. The Hall–Kier alpha value is -2.34. The summed E-state index contributed by atoms with van der Waals surface area (Å²) in [4.78, 5) is 14.9. The lowest BCUT2D eigenvalue weighted by Crippen LogP contribution is -2.18. The van der Waals surface area contributed by atoms with Gasteiger partial charge in [0.2, 0.25) is 0 Å². The number of carbonyl (C=O) groups is 1. The summed E-state index contributed by atoms with van der Waals surface area (Å²) in [6, 6.07) is 2.93. The normalized spacial score (nSPS) is 11.2. The van der Waals surface area contributed by atoms with Crippen molar-refractivity contribution < 1.29 is 9.53 Å². The number of carbonyl (C=O) groups excluding carboxylic acids is 1. The first-order chi connectivity index (χ1) is 7.15. The first kappa shape index (κ1) is 10.7. The number of hydrogen-bond donors (Lipinski definition) is 0. The molecule has 15 heavy (non-hydrogen) atoms. The monoisotopic (exact) mass is 204 g/mol. The van der Waals surface area contributed by atoms with Gasteiger partial charge in [0.25, 0.3) is 0 Å². The van der Waals surface area contributed by atoms with Gasteiger partial charge in [0.1, 0.15) is 18.2 Å². The van der Waals surface area contributed by atoms with E-state index in [0.29, 0.717) is 0 Å². The summed E-state index contributed by atoms with van der Waals surface area (Å²) in [5, 5.41) is 17.5. The Labute approximate surface area is 86.3 Å². The lowest BCUT2D eigenvalue weighted by Gasteiger charge is -2.10. The van der Waals surface area contributed by atoms with Crippen molar-refractivity contribution >= 4 is 5.97 Å². The highest BCUT2D eigenvalue weighted by molar-refractivity contribution is 5.74. The number of nitriles is 2. The summed E-state index contributed by atoms with van der Waals surface area (Å²) in [5.41, 5.74) is 0.0728. The number of hydrogen-bond acceptors (Lipinski definition) is 5. The number of imidazole rings is 1. The van der Waals surface area contributed by atoms with E-state index in [9.17, 15) is 4.79 Å². The number of ether oxygens (including phenoxy) is 1. The Bertz CT molecular complexity index is 463. The van der Waals surface area contributed by atoms with Crippen molar-refractivity contribution in [2.45, 2.75) is 13.0 Å². The zero-order chi connectivity index (χ0) is 11.4. The van der Waals surface area contributed by atoms with Gasteiger partial charge in [-0.05, 0) is 6.92 Å². The van der Waals surface area contributed by atoms with Crippen LogP contribution in [0, 0.1) is 22.7 Å². The van der Waals surface area contributed by atoms with Crippen LogP contribution in [0.5, 0.6) is 0 Å². The van der Waals surface area contributed by atoms with Crippen molar-refractivity contribution in [2.75, 3.05) is 7.11 Å². The summed E-state index contributed by atoms with van der Waals surface area (Å²) in [6.45, 7) is 1.56. The van der Waals surface area contributed by atoms with Crippen LogP contribution in [-0.4, -0.2) is 22.6 Å². The highest BCUT2D eigenvalue weighted by Gasteiger charge is 2.20. The highest BCUT2D eigenvalue weighted by atomic mass is 16.5. The summed E-state index contributed by atoms with van der Waals surface area (Å²) < 4.78 is 5.84. The van der Waals surface area contributed by atoms with Gasteiger partial charge in [0.05, 0.1) is 13.4 Å². The Kier molecular flexibility index (Phi) is 3.04. The van der Waals surface area contributed by atoms with E-state index in [0.717, 1.165) is 0 Å². The van der Waals surface area contributed by atoms with Crippen LogP contribution in [0.1, 0.15) is 24.4 Å². The van der Waals surface area contributed by atoms with Gasteiger partial charge in [0.15, 0.2) is 11.4 Å². The molecule has 0 spiro atoms. The van der Waals surface area contributed by atoms with Crippen LogP contribution in [0.2, 0.25) is 0 Å². The summed E-state index contributed by atoms with van der Waals surface area (Å²) in [6.07, 6.45) is 1.28. The van der Waals surface area contributed by atoms with Crippen LogP contribution in [0.25, 0.3) is 0 Å². The third-order valence-corrected chi connectivity index (χ3v) is 1.97. The maximum Gasteiger partial charge on any atom is 0.328 e. The van der Waals surface area contributed by atoms with Crippen LogP contribution in [0.4, 0.5) is 0 Å². The van der Waals surface area contributed by atoms with E-state index in [-0.39, 0.29) is 11.4 Å². The Morgan fingerprint density at radius 1 is 1.60 bits per heavy atom. The van der Waals surface area contributed by atoms with E-state index in [1.165, 1.54) is 18.0 Å². The van der Waals surface area contributed by atoms with E-state index >= 15 is 0 Å². The molecule has 6 heteroatoms. The molecule has 0 N–H and O–H groups in total. The smallest absolute Gasteiger partial charge is 0.328 e. The van der Waals surface area contributed by atoms with Crippen molar-refractivity contribution in [2.24, 2.45) is 0 Å². The largest absolute Gasteiger partial charge is 0.467 e. The fourth-order valence-electron chi connectivity index (χ4n) is 1.13. The predicted molar refractivity (Wildman–Crippen MR) is 48.4 cm³/mol.